The van der Waals surface area contributed by atoms with Gasteiger partial charge in [0.1, 0.15) is 17.9 Å². The van der Waals surface area contributed by atoms with Gasteiger partial charge in [-0.3, -0.25) is 19.7 Å². The number of aromatic amines is 1. The number of carbonyl (C=O) groups excluding carboxylic acids is 2. The number of aromatic hydroxyl groups is 1. The number of hydrogen-bond acceptors (Lipinski definition) is 10. The summed E-state index contributed by atoms with van der Waals surface area (Å²) < 4.78 is 5.92. The quantitative estimate of drug-likeness (QED) is 0.0941. The minimum Gasteiger partial charge on any atom is -0.508 e. The van der Waals surface area contributed by atoms with E-state index in [-0.39, 0.29) is 44.7 Å². The highest BCUT2D eigenvalue weighted by Crippen LogP contribution is 2.33. The van der Waals surface area contributed by atoms with Gasteiger partial charge in [0.25, 0.3) is 0 Å². The molecule has 0 aliphatic carbocycles. The number of benzene rings is 3. The fourth-order valence-electron chi connectivity index (χ4n) is 4.50. The molecule has 0 radical (unpaired) electrons. The number of nitrogens with two attached hydrogens (primary N) is 1. The van der Waals surface area contributed by atoms with Crippen molar-refractivity contribution in [3.63, 3.8) is 0 Å². The van der Waals surface area contributed by atoms with Crippen molar-refractivity contribution in [1.29, 1.82) is 0 Å². The number of phenols is 1. The van der Waals surface area contributed by atoms with E-state index in [0.717, 1.165) is 27.5 Å². The molecule has 1 aromatic heterocycles. The molecule has 0 unspecified atom stereocenters. The van der Waals surface area contributed by atoms with Gasteiger partial charge in [-0.2, -0.15) is 5.01 Å². The van der Waals surface area contributed by atoms with Crippen LogP contribution < -0.4 is 15.8 Å². The molecule has 11 nitrogen and oxygen atoms in total. The zero-order valence-corrected chi connectivity index (χ0v) is 26.0. The molecular weight excluding hydrogens is 603 g/mol. The van der Waals surface area contributed by atoms with E-state index in [1.807, 2.05) is 30.3 Å². The maximum absolute atomic E-state index is 13.9. The molecule has 3 aromatic carbocycles. The van der Waals surface area contributed by atoms with Crippen molar-refractivity contribution in [3.8, 4) is 5.75 Å². The van der Waals surface area contributed by atoms with E-state index >= 15 is 0 Å². The molecule has 0 saturated carbocycles. The van der Waals surface area contributed by atoms with Gasteiger partial charge in [-0.25, -0.2) is 4.79 Å². The summed E-state index contributed by atoms with van der Waals surface area (Å²) in [6.07, 6.45) is -0.463. The zero-order chi connectivity index (χ0) is 32.0. The highest BCUT2D eigenvalue weighted by Gasteiger charge is 2.34. The van der Waals surface area contributed by atoms with E-state index in [9.17, 15) is 24.6 Å². The van der Waals surface area contributed by atoms with Crippen LogP contribution in [-0.2, 0) is 22.4 Å². The number of ketones is 1. The fourth-order valence-corrected chi connectivity index (χ4v) is 5.38. The van der Waals surface area contributed by atoms with Crippen molar-refractivity contribution in [2.24, 2.45) is 5.73 Å². The summed E-state index contributed by atoms with van der Waals surface area (Å²) in [5.74, 6) is -1.52. The van der Waals surface area contributed by atoms with Crippen LogP contribution in [0.5, 0.6) is 5.75 Å². The molecule has 230 valence electrons. The molecule has 5 N–H and O–H groups in total. The number of carboxylic acid groups (broad SMARTS) is 1. The SMILES string of the molecule is CC(C)(C)OC(=O)N(c1n[nH]c(=S)s1)N(CC(=O)O)c1cccc(C(=O)[C@@H](N)Cc2ccc(O)cc2)c1Cc1ccccc1. The second-order valence-corrected chi connectivity index (χ2v) is 12.6. The standard InChI is InChI=1S/C31H33N5O6S2/c1-31(2,3)42-30(41)36(28-33-34-29(43)44-28)35(18-26(38)39)25-11-7-10-22(23(25)16-19-8-5-4-6-9-19)27(40)24(32)17-20-12-14-21(37)15-13-20/h4-15,24,37H,16-18,32H2,1-3H3,(H,34,43)(H,38,39)/t24-/m0/s1. The van der Waals surface area contributed by atoms with Gasteiger partial charge in [-0.1, -0.05) is 65.9 Å². The van der Waals surface area contributed by atoms with Gasteiger partial charge >= 0.3 is 12.1 Å². The lowest BCUT2D eigenvalue weighted by Gasteiger charge is -2.36. The van der Waals surface area contributed by atoms with Gasteiger partial charge in [-0.05, 0) is 74.3 Å². The molecule has 1 atom stereocenters. The number of Topliss-reactive ketones (excluding diaryl/α,β-unsaturated/α-hetero) is 1. The molecule has 0 aliphatic rings. The molecule has 0 spiro atoms. The first kappa shape index (κ1) is 32.3. The number of carbonyl (C=O) groups is 3. The average Bonchev–Trinajstić information content (AvgIpc) is 3.38. The predicted octanol–water partition coefficient (Wildman–Crippen LogP) is 5.50. The monoisotopic (exact) mass is 635 g/mol. The number of phenolic OH excluding ortho intramolecular Hbond substituents is 1. The number of hydrazine groups is 1. The van der Waals surface area contributed by atoms with E-state index < -0.39 is 30.3 Å². The van der Waals surface area contributed by atoms with Crippen molar-refractivity contribution in [3.05, 3.63) is 99.0 Å². The first-order chi connectivity index (χ1) is 20.8. The van der Waals surface area contributed by atoms with E-state index in [4.69, 9.17) is 22.7 Å². The number of nitrogens with zero attached hydrogens (tertiary/aromatic N) is 3. The van der Waals surface area contributed by atoms with E-state index in [1.54, 1.807) is 51.1 Å². The van der Waals surface area contributed by atoms with Crippen LogP contribution in [0.25, 0.3) is 0 Å². The third-order valence-electron chi connectivity index (χ3n) is 6.35. The third-order valence-corrected chi connectivity index (χ3v) is 7.41. The summed E-state index contributed by atoms with van der Waals surface area (Å²) in [5.41, 5.74) is 8.11. The molecule has 0 aliphatic heterocycles. The summed E-state index contributed by atoms with van der Waals surface area (Å²) in [4.78, 5) is 39.9. The highest BCUT2D eigenvalue weighted by atomic mass is 32.1. The van der Waals surface area contributed by atoms with Crippen molar-refractivity contribution >= 4 is 52.2 Å². The fraction of sp³-hybridized carbons (Fsp3) is 0.258. The van der Waals surface area contributed by atoms with Crippen molar-refractivity contribution in [1.82, 2.24) is 10.2 Å². The van der Waals surface area contributed by atoms with Gasteiger partial charge in [0, 0.05) is 12.0 Å². The maximum atomic E-state index is 13.9. The second-order valence-electron chi connectivity index (χ2n) is 10.9. The average molecular weight is 636 g/mol. The maximum Gasteiger partial charge on any atom is 0.436 e. The first-order valence-electron chi connectivity index (χ1n) is 13.6. The molecule has 13 heteroatoms. The Balaban J connectivity index is 1.88. The number of rotatable bonds is 11. The van der Waals surface area contributed by atoms with E-state index in [1.165, 1.54) is 17.1 Å². The highest BCUT2D eigenvalue weighted by molar-refractivity contribution is 7.73. The number of aliphatic carboxylic acids is 1. The van der Waals surface area contributed by atoms with Crippen LogP contribution >= 0.6 is 23.6 Å². The normalized spacial score (nSPS) is 11.9. The molecule has 1 amide bonds. The number of ether oxygens (including phenoxy) is 1. The number of anilines is 2. The second kappa shape index (κ2) is 13.8. The zero-order valence-electron chi connectivity index (χ0n) is 24.4. The number of aromatic nitrogens is 2. The summed E-state index contributed by atoms with van der Waals surface area (Å²) in [7, 11) is 0. The van der Waals surface area contributed by atoms with Gasteiger partial charge in [0.2, 0.25) is 5.13 Å². The first-order valence-corrected chi connectivity index (χ1v) is 14.9. The Hall–Kier alpha value is -4.59. The number of nitrogens with one attached hydrogen (secondary N) is 1. The summed E-state index contributed by atoms with van der Waals surface area (Å²) >= 11 is 6.17. The molecule has 0 saturated heterocycles. The Morgan fingerprint density at radius 2 is 1.70 bits per heavy atom. The van der Waals surface area contributed by atoms with Gasteiger partial charge in [0.05, 0.1) is 11.7 Å². The summed E-state index contributed by atoms with van der Waals surface area (Å²) in [6, 6.07) is 19.7. The van der Waals surface area contributed by atoms with Gasteiger partial charge in [-0.15, -0.1) is 5.10 Å². The Kier molecular flexibility index (Phi) is 10.1. The van der Waals surface area contributed by atoms with Crippen LogP contribution in [-0.4, -0.2) is 56.4 Å². The largest absolute Gasteiger partial charge is 0.508 e. The van der Waals surface area contributed by atoms with Crippen molar-refractivity contribution < 1.29 is 29.3 Å². The Bertz CT molecular complexity index is 1680. The van der Waals surface area contributed by atoms with E-state index in [2.05, 4.69) is 10.2 Å². The Morgan fingerprint density at radius 1 is 1.02 bits per heavy atom. The predicted molar refractivity (Wildman–Crippen MR) is 171 cm³/mol. The lowest BCUT2D eigenvalue weighted by molar-refractivity contribution is -0.135. The van der Waals surface area contributed by atoms with Crippen LogP contribution in [0.15, 0.2) is 72.8 Å². The van der Waals surface area contributed by atoms with Crippen LogP contribution in [0.4, 0.5) is 15.6 Å². The summed E-state index contributed by atoms with van der Waals surface area (Å²) in [6.45, 7) is 4.39. The minimum absolute atomic E-state index is 0.0527. The molecule has 44 heavy (non-hydrogen) atoms. The number of carboxylic acids is 1. The third kappa shape index (κ3) is 8.28. The molecule has 1 heterocycles. The van der Waals surface area contributed by atoms with E-state index in [0.29, 0.717) is 5.56 Å². The van der Waals surface area contributed by atoms with Crippen LogP contribution in [0.2, 0.25) is 0 Å². The smallest absolute Gasteiger partial charge is 0.436 e. The van der Waals surface area contributed by atoms with Gasteiger partial charge < -0.3 is 20.7 Å². The Labute approximate surface area is 263 Å². The molecule has 0 bridgehead atoms. The minimum atomic E-state index is -1.25. The molecule has 4 aromatic rings. The van der Waals surface area contributed by atoms with Crippen LogP contribution in [0.1, 0.15) is 47.8 Å². The molecule has 4 rings (SSSR count). The van der Waals surface area contributed by atoms with Crippen molar-refractivity contribution in [2.75, 3.05) is 16.6 Å². The number of amides is 1. The van der Waals surface area contributed by atoms with Crippen molar-refractivity contribution in [2.45, 2.75) is 45.3 Å². The lowest BCUT2D eigenvalue weighted by Crippen LogP contribution is -2.51. The van der Waals surface area contributed by atoms with Gasteiger partial charge in [0.15, 0.2) is 9.74 Å². The number of hydrogen-bond donors (Lipinski definition) is 4. The lowest BCUT2D eigenvalue weighted by atomic mass is 9.91. The van der Waals surface area contributed by atoms with Crippen LogP contribution in [0.3, 0.4) is 0 Å². The molecular formula is C31H33N5O6S2. The Morgan fingerprint density at radius 3 is 2.30 bits per heavy atom. The summed E-state index contributed by atoms with van der Waals surface area (Å²) in [5, 5.41) is 28.7. The number of H-pyrrole nitrogens is 1. The van der Waals surface area contributed by atoms with Crippen LogP contribution in [0, 0.1) is 3.95 Å². The topological polar surface area (TPSA) is 162 Å². The molecule has 0 fully saturated rings.